The van der Waals surface area contributed by atoms with E-state index in [1.807, 2.05) is 18.2 Å². The number of aromatic carboxylic acids is 1. The fraction of sp³-hybridized carbons (Fsp3) is 0.111. The molecule has 0 atom stereocenters. The van der Waals surface area contributed by atoms with Crippen molar-refractivity contribution in [1.29, 1.82) is 0 Å². The predicted octanol–water partition coefficient (Wildman–Crippen LogP) is 3.07. The van der Waals surface area contributed by atoms with Gasteiger partial charge in [-0.2, -0.15) is 0 Å². The van der Waals surface area contributed by atoms with Gasteiger partial charge in [-0.1, -0.05) is 12.1 Å². The quantitative estimate of drug-likeness (QED) is 0.752. The van der Waals surface area contributed by atoms with Crippen LogP contribution in [0.3, 0.4) is 0 Å². The molecule has 1 heterocycles. The molecule has 0 bridgehead atoms. The minimum atomic E-state index is -1.03. The molecule has 0 aliphatic rings. The highest BCUT2D eigenvalue weighted by molar-refractivity contribution is 5.95. The summed E-state index contributed by atoms with van der Waals surface area (Å²) < 4.78 is 10.9. The molecule has 0 spiro atoms. The highest BCUT2D eigenvalue weighted by atomic mass is 16.5. The van der Waals surface area contributed by atoms with Crippen molar-refractivity contribution in [2.24, 2.45) is 0 Å². The summed E-state index contributed by atoms with van der Waals surface area (Å²) in [6.07, 6.45) is 0. The van der Waals surface area contributed by atoms with Crippen molar-refractivity contribution in [3.63, 3.8) is 0 Å². The molecule has 6 heteroatoms. The van der Waals surface area contributed by atoms with Crippen LogP contribution in [0, 0.1) is 0 Å². The fourth-order valence-electron chi connectivity index (χ4n) is 2.37. The van der Waals surface area contributed by atoms with Gasteiger partial charge in [0.15, 0.2) is 11.3 Å². The molecule has 1 aromatic heterocycles. The van der Waals surface area contributed by atoms with Gasteiger partial charge in [-0.25, -0.2) is 4.79 Å². The minimum absolute atomic E-state index is 0.135. The standard InChI is InChI=1S/C18H15NO5/c1-23-15-4-2-3-13-9-14(24-16(13)15)10-19-17(20)11-5-7-12(8-6-11)18(21)22/h2-9H,10H2,1H3,(H,19,20)(H,21,22). The van der Waals surface area contributed by atoms with Crippen LogP contribution in [-0.4, -0.2) is 24.1 Å². The first-order chi connectivity index (χ1) is 11.6. The molecule has 0 unspecified atom stereocenters. The highest BCUT2D eigenvalue weighted by Gasteiger charge is 2.11. The van der Waals surface area contributed by atoms with Crippen LogP contribution in [0.2, 0.25) is 0 Å². The summed E-state index contributed by atoms with van der Waals surface area (Å²) in [5.41, 5.74) is 1.15. The van der Waals surface area contributed by atoms with Crippen LogP contribution < -0.4 is 10.1 Å². The van der Waals surface area contributed by atoms with Crippen LogP contribution in [-0.2, 0) is 6.54 Å². The van der Waals surface area contributed by atoms with Crippen LogP contribution in [0.4, 0.5) is 0 Å². The van der Waals surface area contributed by atoms with E-state index in [1.165, 1.54) is 24.3 Å². The number of amides is 1. The maximum Gasteiger partial charge on any atom is 0.335 e. The molecule has 3 rings (SSSR count). The Balaban J connectivity index is 1.71. The zero-order valence-electron chi connectivity index (χ0n) is 12.9. The van der Waals surface area contributed by atoms with Gasteiger partial charge in [0.2, 0.25) is 0 Å². The molecular weight excluding hydrogens is 310 g/mol. The lowest BCUT2D eigenvalue weighted by Crippen LogP contribution is -2.22. The van der Waals surface area contributed by atoms with E-state index in [9.17, 15) is 9.59 Å². The van der Waals surface area contributed by atoms with Gasteiger partial charge in [-0.3, -0.25) is 4.79 Å². The van der Waals surface area contributed by atoms with E-state index in [2.05, 4.69) is 5.32 Å². The van der Waals surface area contributed by atoms with Crippen LogP contribution in [0.15, 0.2) is 52.9 Å². The second-order valence-corrected chi connectivity index (χ2v) is 5.16. The Morgan fingerprint density at radius 3 is 2.50 bits per heavy atom. The van der Waals surface area contributed by atoms with Crippen molar-refractivity contribution in [2.75, 3.05) is 7.11 Å². The molecule has 2 aromatic carbocycles. The Labute approximate surface area is 137 Å². The lowest BCUT2D eigenvalue weighted by atomic mass is 10.1. The van der Waals surface area contributed by atoms with Gasteiger partial charge in [-0.05, 0) is 36.4 Å². The molecule has 0 radical (unpaired) electrons. The molecule has 1 amide bonds. The number of carbonyl (C=O) groups excluding carboxylic acids is 1. The van der Waals surface area contributed by atoms with E-state index in [-0.39, 0.29) is 18.0 Å². The lowest BCUT2D eigenvalue weighted by Gasteiger charge is -2.04. The second-order valence-electron chi connectivity index (χ2n) is 5.16. The van der Waals surface area contributed by atoms with Gasteiger partial charge < -0.3 is 19.6 Å². The topological polar surface area (TPSA) is 88.8 Å². The normalized spacial score (nSPS) is 10.5. The Kier molecular flexibility index (Phi) is 4.20. The molecule has 0 fully saturated rings. The number of benzene rings is 2. The number of fused-ring (bicyclic) bond motifs is 1. The Bertz CT molecular complexity index is 895. The molecule has 24 heavy (non-hydrogen) atoms. The van der Waals surface area contributed by atoms with E-state index in [1.54, 1.807) is 13.2 Å². The number of furan rings is 1. The molecule has 0 aliphatic carbocycles. The average molecular weight is 325 g/mol. The molecule has 2 N–H and O–H groups in total. The molecule has 0 saturated heterocycles. The number of para-hydroxylation sites is 1. The third-order valence-electron chi connectivity index (χ3n) is 3.60. The van der Waals surface area contributed by atoms with Crippen LogP contribution >= 0.6 is 0 Å². The molecule has 3 aromatic rings. The Morgan fingerprint density at radius 1 is 1.12 bits per heavy atom. The van der Waals surface area contributed by atoms with Crippen LogP contribution in [0.25, 0.3) is 11.0 Å². The molecule has 6 nitrogen and oxygen atoms in total. The molecule has 122 valence electrons. The average Bonchev–Trinajstić information content (AvgIpc) is 3.02. The van der Waals surface area contributed by atoms with E-state index >= 15 is 0 Å². The third kappa shape index (κ3) is 3.08. The Hall–Kier alpha value is -3.28. The van der Waals surface area contributed by atoms with Gasteiger partial charge in [0.05, 0.1) is 19.2 Å². The van der Waals surface area contributed by atoms with Crippen molar-refractivity contribution < 1.29 is 23.8 Å². The second kappa shape index (κ2) is 6.45. The Morgan fingerprint density at radius 2 is 1.83 bits per heavy atom. The summed E-state index contributed by atoms with van der Waals surface area (Å²) in [7, 11) is 1.57. The number of carboxylic acids is 1. The summed E-state index contributed by atoms with van der Waals surface area (Å²) in [6.45, 7) is 0.220. The predicted molar refractivity (Wildman–Crippen MR) is 87.3 cm³/mol. The molecule has 0 aliphatic heterocycles. The zero-order valence-corrected chi connectivity index (χ0v) is 12.9. The SMILES string of the molecule is COc1cccc2cc(CNC(=O)c3ccc(C(=O)O)cc3)oc12. The smallest absolute Gasteiger partial charge is 0.335 e. The largest absolute Gasteiger partial charge is 0.493 e. The van der Waals surface area contributed by atoms with Crippen LogP contribution in [0.5, 0.6) is 5.75 Å². The van der Waals surface area contributed by atoms with Crippen molar-refractivity contribution in [3.8, 4) is 5.75 Å². The summed E-state index contributed by atoms with van der Waals surface area (Å²) in [5, 5.41) is 12.5. The number of rotatable bonds is 5. The van der Waals surface area contributed by atoms with Gasteiger partial charge >= 0.3 is 5.97 Å². The number of carbonyl (C=O) groups is 2. The van der Waals surface area contributed by atoms with E-state index in [4.69, 9.17) is 14.3 Å². The zero-order chi connectivity index (χ0) is 17.1. The first-order valence-corrected chi connectivity index (χ1v) is 7.25. The number of ether oxygens (including phenoxy) is 1. The fourth-order valence-corrected chi connectivity index (χ4v) is 2.37. The first kappa shape index (κ1) is 15.6. The summed E-state index contributed by atoms with van der Waals surface area (Å²) in [4.78, 5) is 22.9. The van der Waals surface area contributed by atoms with E-state index in [0.717, 1.165) is 5.39 Å². The summed E-state index contributed by atoms with van der Waals surface area (Å²) >= 11 is 0. The van der Waals surface area contributed by atoms with Crippen molar-refractivity contribution in [2.45, 2.75) is 6.54 Å². The van der Waals surface area contributed by atoms with Gasteiger partial charge in [0.25, 0.3) is 5.91 Å². The third-order valence-corrected chi connectivity index (χ3v) is 3.60. The number of carboxylic acid groups (broad SMARTS) is 1. The maximum absolute atomic E-state index is 12.1. The monoisotopic (exact) mass is 325 g/mol. The number of hydrogen-bond donors (Lipinski definition) is 2. The van der Waals surface area contributed by atoms with Crippen molar-refractivity contribution in [3.05, 3.63) is 65.4 Å². The number of methoxy groups -OCH3 is 1. The highest BCUT2D eigenvalue weighted by Crippen LogP contribution is 2.28. The lowest BCUT2D eigenvalue weighted by molar-refractivity contribution is 0.0696. The van der Waals surface area contributed by atoms with E-state index < -0.39 is 5.97 Å². The van der Waals surface area contributed by atoms with Crippen molar-refractivity contribution >= 4 is 22.8 Å². The number of hydrogen-bond acceptors (Lipinski definition) is 4. The van der Waals surface area contributed by atoms with Gasteiger partial charge in [0, 0.05) is 10.9 Å². The van der Waals surface area contributed by atoms with E-state index in [0.29, 0.717) is 22.7 Å². The van der Waals surface area contributed by atoms with Gasteiger partial charge in [-0.15, -0.1) is 0 Å². The summed E-state index contributed by atoms with van der Waals surface area (Å²) in [5.74, 6) is -0.100. The van der Waals surface area contributed by atoms with Crippen LogP contribution in [0.1, 0.15) is 26.5 Å². The van der Waals surface area contributed by atoms with Gasteiger partial charge in [0.1, 0.15) is 5.76 Å². The maximum atomic E-state index is 12.1. The minimum Gasteiger partial charge on any atom is -0.493 e. The van der Waals surface area contributed by atoms with Crippen molar-refractivity contribution in [1.82, 2.24) is 5.32 Å². The molecule has 0 saturated carbocycles. The number of nitrogens with one attached hydrogen (secondary N) is 1. The summed E-state index contributed by atoms with van der Waals surface area (Å²) in [6, 6.07) is 13.1. The first-order valence-electron chi connectivity index (χ1n) is 7.25. The molecular formula is C18H15NO5.